The third kappa shape index (κ3) is 4.20. The predicted octanol–water partition coefficient (Wildman–Crippen LogP) is 2.39. The minimum absolute atomic E-state index is 0.183. The molecule has 0 fully saturated rings. The molecule has 0 saturated carbocycles. The van der Waals surface area contributed by atoms with Crippen molar-refractivity contribution in [2.24, 2.45) is 5.84 Å². The molecule has 0 aliphatic rings. The molecule has 0 aliphatic heterocycles. The Morgan fingerprint density at radius 3 is 2.65 bits per heavy atom. The van der Waals surface area contributed by atoms with E-state index in [0.717, 1.165) is 0 Å². The summed E-state index contributed by atoms with van der Waals surface area (Å²) < 4.78 is 53.1. The summed E-state index contributed by atoms with van der Waals surface area (Å²) in [5, 5.41) is 0. The molecule has 3 N–H and O–H groups in total. The third-order valence-electron chi connectivity index (χ3n) is 1.98. The van der Waals surface area contributed by atoms with E-state index in [4.69, 9.17) is 5.84 Å². The Balaban J connectivity index is 2.45. The van der Waals surface area contributed by atoms with Gasteiger partial charge in [-0.2, -0.15) is 8.78 Å². The van der Waals surface area contributed by atoms with Crippen LogP contribution in [0.1, 0.15) is 5.56 Å². The van der Waals surface area contributed by atoms with E-state index in [9.17, 15) is 17.6 Å². The lowest BCUT2D eigenvalue weighted by Crippen LogP contribution is -2.32. The van der Waals surface area contributed by atoms with Gasteiger partial charge in [0.2, 0.25) is 0 Å². The molecule has 0 radical (unpaired) electrons. The van der Waals surface area contributed by atoms with E-state index in [1.807, 2.05) is 0 Å². The molecule has 0 amide bonds. The first-order chi connectivity index (χ1) is 7.95. The van der Waals surface area contributed by atoms with Gasteiger partial charge in [0.25, 0.3) is 0 Å². The minimum atomic E-state index is -4.12. The molecule has 96 valence electrons. The Morgan fingerprint density at radius 1 is 1.35 bits per heavy atom. The number of rotatable bonds is 6. The van der Waals surface area contributed by atoms with Crippen LogP contribution in [-0.2, 0) is 11.3 Å². The first-order valence-corrected chi connectivity index (χ1v) is 4.75. The molecule has 0 unspecified atom stereocenters. The number of alkyl halides is 4. The van der Waals surface area contributed by atoms with Crippen molar-refractivity contribution >= 4 is 5.69 Å². The van der Waals surface area contributed by atoms with Crippen LogP contribution in [0.15, 0.2) is 24.3 Å². The van der Waals surface area contributed by atoms with Crippen LogP contribution in [0, 0.1) is 0 Å². The molecular formula is C10H12F4N2O. The summed E-state index contributed by atoms with van der Waals surface area (Å²) in [6.07, 6.45) is -3.72. The van der Waals surface area contributed by atoms with Gasteiger partial charge in [-0.05, 0) is 17.7 Å². The second-order valence-electron chi connectivity index (χ2n) is 3.40. The molecule has 0 aliphatic carbocycles. The summed E-state index contributed by atoms with van der Waals surface area (Å²) in [6.45, 7) is -1.50. The molecule has 0 bridgehead atoms. The van der Waals surface area contributed by atoms with Gasteiger partial charge in [-0.3, -0.25) is 5.84 Å². The number of nitrogen functional groups attached to an aromatic ring is 1. The number of ether oxygens (including phenoxy) is 1. The molecule has 1 aromatic rings. The first kappa shape index (κ1) is 13.7. The van der Waals surface area contributed by atoms with Gasteiger partial charge in [-0.25, -0.2) is 8.78 Å². The lowest BCUT2D eigenvalue weighted by atomic mass is 10.2. The number of nitrogens with one attached hydrogen (secondary N) is 1. The molecule has 0 aromatic heterocycles. The lowest BCUT2D eigenvalue weighted by Gasteiger charge is -2.15. The van der Waals surface area contributed by atoms with Crippen molar-refractivity contribution in [2.45, 2.75) is 19.0 Å². The van der Waals surface area contributed by atoms with Gasteiger partial charge >= 0.3 is 12.3 Å². The molecule has 17 heavy (non-hydrogen) atoms. The van der Waals surface area contributed by atoms with Crippen molar-refractivity contribution in [3.8, 4) is 0 Å². The van der Waals surface area contributed by atoms with Crippen LogP contribution >= 0.6 is 0 Å². The zero-order valence-electron chi connectivity index (χ0n) is 8.80. The van der Waals surface area contributed by atoms with Gasteiger partial charge in [0.15, 0.2) is 0 Å². The average molecular weight is 252 g/mol. The fourth-order valence-electron chi connectivity index (χ4n) is 1.12. The van der Waals surface area contributed by atoms with Gasteiger partial charge in [-0.15, -0.1) is 0 Å². The zero-order valence-corrected chi connectivity index (χ0v) is 8.80. The summed E-state index contributed by atoms with van der Waals surface area (Å²) in [5.74, 6) is 1.03. The van der Waals surface area contributed by atoms with E-state index < -0.39 is 19.0 Å². The molecule has 0 saturated heterocycles. The Hall–Kier alpha value is -1.34. The summed E-state index contributed by atoms with van der Waals surface area (Å²) >= 11 is 0. The van der Waals surface area contributed by atoms with E-state index >= 15 is 0 Å². The molecule has 3 nitrogen and oxygen atoms in total. The van der Waals surface area contributed by atoms with Gasteiger partial charge in [0.1, 0.15) is 6.61 Å². The molecule has 1 aromatic carbocycles. The number of hydrazine groups is 1. The Bertz CT molecular complexity index is 360. The van der Waals surface area contributed by atoms with Crippen molar-refractivity contribution in [2.75, 3.05) is 12.0 Å². The normalized spacial score (nSPS) is 11.9. The van der Waals surface area contributed by atoms with Crippen LogP contribution < -0.4 is 11.3 Å². The average Bonchev–Trinajstić information content (AvgIpc) is 2.29. The van der Waals surface area contributed by atoms with Crippen LogP contribution in [0.3, 0.4) is 0 Å². The Morgan fingerprint density at radius 2 is 2.06 bits per heavy atom. The monoisotopic (exact) mass is 252 g/mol. The smallest absolute Gasteiger partial charge is 0.330 e. The molecule has 7 heteroatoms. The minimum Gasteiger partial charge on any atom is -0.370 e. The quantitative estimate of drug-likeness (QED) is 0.464. The van der Waals surface area contributed by atoms with Crippen LogP contribution in [-0.4, -0.2) is 19.0 Å². The van der Waals surface area contributed by atoms with Gasteiger partial charge < -0.3 is 10.2 Å². The summed E-state index contributed by atoms with van der Waals surface area (Å²) in [5.41, 5.74) is 3.50. The van der Waals surface area contributed by atoms with Crippen molar-refractivity contribution in [1.29, 1.82) is 0 Å². The summed E-state index contributed by atoms with van der Waals surface area (Å²) in [6, 6.07) is 6.48. The van der Waals surface area contributed by atoms with Gasteiger partial charge in [-0.1, -0.05) is 12.1 Å². The van der Waals surface area contributed by atoms with E-state index in [-0.39, 0.29) is 6.61 Å². The number of nitrogens with two attached hydrogens (primary N) is 1. The van der Waals surface area contributed by atoms with E-state index in [0.29, 0.717) is 11.3 Å². The highest BCUT2D eigenvalue weighted by molar-refractivity contribution is 5.44. The predicted molar refractivity (Wildman–Crippen MR) is 54.9 cm³/mol. The maximum absolute atomic E-state index is 12.5. The largest absolute Gasteiger partial charge is 0.370 e. The number of hydrogen-bond acceptors (Lipinski definition) is 3. The summed E-state index contributed by atoms with van der Waals surface area (Å²) in [4.78, 5) is 0. The topological polar surface area (TPSA) is 47.3 Å². The maximum Gasteiger partial charge on any atom is 0.330 e. The fraction of sp³-hybridized carbons (Fsp3) is 0.400. The van der Waals surface area contributed by atoms with Gasteiger partial charge in [0, 0.05) is 5.69 Å². The second-order valence-corrected chi connectivity index (χ2v) is 3.40. The number of hydrogen-bond donors (Lipinski definition) is 2. The van der Waals surface area contributed by atoms with Gasteiger partial charge in [0.05, 0.1) is 6.61 Å². The van der Waals surface area contributed by atoms with E-state index in [1.165, 1.54) is 0 Å². The molecular weight excluding hydrogens is 240 g/mol. The lowest BCUT2D eigenvalue weighted by molar-refractivity contribution is -0.168. The standard InChI is InChI=1S/C10H12F4N2O/c11-9(12)10(13,14)6-17-5-7-2-1-3-8(4-7)16-15/h1-4,9,16H,5-6,15H2. The molecule has 0 heterocycles. The van der Waals surface area contributed by atoms with Crippen LogP contribution in [0.25, 0.3) is 0 Å². The van der Waals surface area contributed by atoms with Crippen molar-refractivity contribution < 1.29 is 22.3 Å². The van der Waals surface area contributed by atoms with E-state index in [1.54, 1.807) is 24.3 Å². The summed E-state index contributed by atoms with van der Waals surface area (Å²) in [7, 11) is 0. The number of anilines is 1. The Labute approximate surface area is 95.5 Å². The number of benzene rings is 1. The van der Waals surface area contributed by atoms with E-state index in [2.05, 4.69) is 10.2 Å². The zero-order chi connectivity index (χ0) is 12.9. The van der Waals surface area contributed by atoms with Crippen LogP contribution in [0.4, 0.5) is 23.2 Å². The second kappa shape index (κ2) is 5.83. The van der Waals surface area contributed by atoms with Crippen LogP contribution in [0.5, 0.6) is 0 Å². The Kier molecular flexibility index (Phi) is 4.71. The third-order valence-corrected chi connectivity index (χ3v) is 1.98. The van der Waals surface area contributed by atoms with Crippen molar-refractivity contribution in [1.82, 2.24) is 0 Å². The van der Waals surface area contributed by atoms with Crippen LogP contribution in [0.2, 0.25) is 0 Å². The highest BCUT2D eigenvalue weighted by atomic mass is 19.3. The first-order valence-electron chi connectivity index (χ1n) is 4.75. The highest BCUT2D eigenvalue weighted by Gasteiger charge is 2.40. The van der Waals surface area contributed by atoms with Crippen molar-refractivity contribution in [3.63, 3.8) is 0 Å². The SMILES string of the molecule is NNc1cccc(COCC(F)(F)C(F)F)c1. The maximum atomic E-state index is 12.5. The molecule has 0 atom stereocenters. The molecule has 0 spiro atoms. The fourth-order valence-corrected chi connectivity index (χ4v) is 1.12. The number of halogens is 4. The highest BCUT2D eigenvalue weighted by Crippen LogP contribution is 2.23. The molecule has 1 rings (SSSR count). The van der Waals surface area contributed by atoms with Crippen molar-refractivity contribution in [3.05, 3.63) is 29.8 Å².